The van der Waals surface area contributed by atoms with E-state index in [1.165, 1.54) is 0 Å². The maximum atomic E-state index is 13.8. The first-order chi connectivity index (χ1) is 8.09. The minimum Gasteiger partial charge on any atom is -0.505 e. The Morgan fingerprint density at radius 1 is 1.35 bits per heavy atom. The molecule has 17 heavy (non-hydrogen) atoms. The van der Waals surface area contributed by atoms with Gasteiger partial charge in [0.25, 0.3) is 0 Å². The number of hydrogen-bond donors (Lipinski definition) is 2. The highest BCUT2D eigenvalue weighted by atomic mass is 79.9. The maximum Gasteiger partial charge on any atom is 0.166 e. The van der Waals surface area contributed by atoms with Gasteiger partial charge in [-0.05, 0) is 60.3 Å². The summed E-state index contributed by atoms with van der Waals surface area (Å²) < 4.78 is 27.2. The van der Waals surface area contributed by atoms with E-state index in [0.29, 0.717) is 12.3 Å². The predicted molar refractivity (Wildman–Crippen MR) is 65.0 cm³/mol. The molecule has 0 unspecified atom stereocenters. The van der Waals surface area contributed by atoms with Gasteiger partial charge in [0.2, 0.25) is 0 Å². The monoisotopic (exact) mass is 305 g/mol. The lowest BCUT2D eigenvalue weighted by molar-refractivity contribution is 0.355. The van der Waals surface area contributed by atoms with Crippen molar-refractivity contribution in [1.29, 1.82) is 0 Å². The van der Waals surface area contributed by atoms with E-state index in [-0.39, 0.29) is 10.0 Å². The Bertz CT molecular complexity index is 393. The van der Waals surface area contributed by atoms with Crippen LogP contribution in [0.4, 0.5) is 8.78 Å². The number of phenolic OH excluding ortho intramolecular Hbond substituents is 1. The SMILES string of the molecule is Oc1c(F)cc(Br)c(F)c1CC1CCNCC1. The van der Waals surface area contributed by atoms with Gasteiger partial charge in [0, 0.05) is 5.56 Å². The fourth-order valence-corrected chi connectivity index (χ4v) is 2.64. The van der Waals surface area contributed by atoms with Crippen molar-refractivity contribution < 1.29 is 13.9 Å². The van der Waals surface area contributed by atoms with Crippen molar-refractivity contribution in [3.63, 3.8) is 0 Å². The third-order valence-electron chi connectivity index (χ3n) is 3.19. The maximum absolute atomic E-state index is 13.8. The first-order valence-corrected chi connectivity index (χ1v) is 6.45. The second-order valence-corrected chi connectivity index (χ2v) is 5.23. The van der Waals surface area contributed by atoms with E-state index < -0.39 is 17.4 Å². The van der Waals surface area contributed by atoms with E-state index in [0.717, 1.165) is 32.0 Å². The molecule has 0 spiro atoms. The Morgan fingerprint density at radius 3 is 2.65 bits per heavy atom. The van der Waals surface area contributed by atoms with Gasteiger partial charge in [0.1, 0.15) is 5.82 Å². The van der Waals surface area contributed by atoms with Crippen LogP contribution >= 0.6 is 15.9 Å². The molecule has 1 aliphatic rings. The summed E-state index contributed by atoms with van der Waals surface area (Å²) in [7, 11) is 0. The van der Waals surface area contributed by atoms with Gasteiger partial charge in [-0.25, -0.2) is 8.78 Å². The van der Waals surface area contributed by atoms with Gasteiger partial charge in [-0.15, -0.1) is 0 Å². The summed E-state index contributed by atoms with van der Waals surface area (Å²) in [6, 6.07) is 0.955. The van der Waals surface area contributed by atoms with Crippen LogP contribution in [0.1, 0.15) is 18.4 Å². The highest BCUT2D eigenvalue weighted by Crippen LogP contribution is 2.33. The van der Waals surface area contributed by atoms with Crippen molar-refractivity contribution in [2.24, 2.45) is 5.92 Å². The summed E-state index contributed by atoms with van der Waals surface area (Å²) in [5.41, 5.74) is 0.0868. The lowest BCUT2D eigenvalue weighted by Crippen LogP contribution is -2.28. The third-order valence-corrected chi connectivity index (χ3v) is 3.77. The Kier molecular flexibility index (Phi) is 3.99. The van der Waals surface area contributed by atoms with E-state index >= 15 is 0 Å². The Labute approximate surface area is 107 Å². The molecule has 0 aromatic heterocycles. The van der Waals surface area contributed by atoms with Crippen LogP contribution in [0.25, 0.3) is 0 Å². The summed E-state index contributed by atoms with van der Waals surface area (Å²) in [4.78, 5) is 0. The standard InChI is InChI=1S/C12H14BrF2NO/c13-9-6-10(14)12(17)8(11(9)15)5-7-1-3-16-4-2-7/h6-7,16-17H,1-5H2. The molecule has 0 saturated carbocycles. The zero-order valence-electron chi connectivity index (χ0n) is 9.27. The molecule has 1 fully saturated rings. The van der Waals surface area contributed by atoms with Crippen molar-refractivity contribution >= 4 is 15.9 Å². The van der Waals surface area contributed by atoms with Gasteiger partial charge in [0.05, 0.1) is 4.47 Å². The average molecular weight is 306 g/mol. The molecule has 5 heteroatoms. The summed E-state index contributed by atoms with van der Waals surface area (Å²) in [6.07, 6.45) is 2.23. The summed E-state index contributed by atoms with van der Waals surface area (Å²) in [5, 5.41) is 12.8. The highest BCUT2D eigenvalue weighted by Gasteiger charge is 2.21. The summed E-state index contributed by atoms with van der Waals surface area (Å²) in [6.45, 7) is 1.78. The van der Waals surface area contributed by atoms with Crippen LogP contribution in [-0.4, -0.2) is 18.2 Å². The van der Waals surface area contributed by atoms with Crippen LogP contribution in [0.15, 0.2) is 10.5 Å². The van der Waals surface area contributed by atoms with Crippen molar-refractivity contribution in [1.82, 2.24) is 5.32 Å². The highest BCUT2D eigenvalue weighted by molar-refractivity contribution is 9.10. The zero-order valence-corrected chi connectivity index (χ0v) is 10.9. The van der Waals surface area contributed by atoms with E-state index in [1.807, 2.05) is 0 Å². The average Bonchev–Trinajstić information content (AvgIpc) is 2.33. The fraction of sp³-hybridized carbons (Fsp3) is 0.500. The topological polar surface area (TPSA) is 32.3 Å². The molecule has 0 atom stereocenters. The molecule has 1 aliphatic heterocycles. The Morgan fingerprint density at radius 2 is 2.00 bits per heavy atom. The van der Waals surface area contributed by atoms with Crippen LogP contribution in [0.2, 0.25) is 0 Å². The van der Waals surface area contributed by atoms with Gasteiger partial charge in [-0.2, -0.15) is 0 Å². The van der Waals surface area contributed by atoms with Crippen molar-refractivity contribution in [2.75, 3.05) is 13.1 Å². The van der Waals surface area contributed by atoms with Crippen LogP contribution in [0, 0.1) is 17.6 Å². The molecule has 94 valence electrons. The lowest BCUT2D eigenvalue weighted by atomic mass is 9.90. The first kappa shape index (κ1) is 12.8. The fourth-order valence-electron chi connectivity index (χ4n) is 2.20. The molecule has 1 heterocycles. The number of piperidine rings is 1. The first-order valence-electron chi connectivity index (χ1n) is 5.65. The quantitative estimate of drug-likeness (QED) is 0.823. The number of halogens is 3. The van der Waals surface area contributed by atoms with Gasteiger partial charge < -0.3 is 10.4 Å². The van der Waals surface area contributed by atoms with E-state index in [2.05, 4.69) is 21.2 Å². The van der Waals surface area contributed by atoms with Crippen LogP contribution in [0.5, 0.6) is 5.75 Å². The molecular formula is C12H14BrF2NO. The number of benzene rings is 1. The van der Waals surface area contributed by atoms with Crippen molar-refractivity contribution in [3.8, 4) is 5.75 Å². The summed E-state index contributed by atoms with van der Waals surface area (Å²) >= 11 is 2.96. The number of rotatable bonds is 2. The van der Waals surface area contributed by atoms with Crippen LogP contribution < -0.4 is 5.32 Å². The van der Waals surface area contributed by atoms with Gasteiger partial charge >= 0.3 is 0 Å². The lowest BCUT2D eigenvalue weighted by Gasteiger charge is -2.23. The molecule has 1 saturated heterocycles. The summed E-state index contributed by atoms with van der Waals surface area (Å²) in [5.74, 6) is -1.58. The molecule has 1 aromatic rings. The molecule has 0 aliphatic carbocycles. The third kappa shape index (κ3) is 2.77. The molecule has 0 bridgehead atoms. The molecule has 1 aromatic carbocycles. The molecular weight excluding hydrogens is 292 g/mol. The second kappa shape index (κ2) is 5.31. The Balaban J connectivity index is 2.24. The van der Waals surface area contributed by atoms with Crippen molar-refractivity contribution in [3.05, 3.63) is 27.7 Å². The minimum atomic E-state index is -0.776. The molecule has 0 radical (unpaired) electrons. The van der Waals surface area contributed by atoms with Gasteiger partial charge in [-0.3, -0.25) is 0 Å². The predicted octanol–water partition coefficient (Wildman–Crippen LogP) is 2.98. The molecule has 2 N–H and O–H groups in total. The zero-order chi connectivity index (χ0) is 12.4. The van der Waals surface area contributed by atoms with E-state index in [9.17, 15) is 13.9 Å². The number of phenols is 1. The second-order valence-electron chi connectivity index (χ2n) is 4.38. The largest absolute Gasteiger partial charge is 0.505 e. The van der Waals surface area contributed by atoms with E-state index in [1.54, 1.807) is 0 Å². The molecule has 2 rings (SSSR count). The van der Waals surface area contributed by atoms with Gasteiger partial charge in [-0.1, -0.05) is 0 Å². The van der Waals surface area contributed by atoms with Crippen LogP contribution in [0.3, 0.4) is 0 Å². The van der Waals surface area contributed by atoms with Gasteiger partial charge in [0.15, 0.2) is 11.6 Å². The number of nitrogens with one attached hydrogen (secondary N) is 1. The number of aromatic hydroxyl groups is 1. The number of hydrogen-bond acceptors (Lipinski definition) is 2. The minimum absolute atomic E-state index is 0.0664. The van der Waals surface area contributed by atoms with Crippen molar-refractivity contribution in [2.45, 2.75) is 19.3 Å². The normalized spacial score (nSPS) is 17.4. The molecule has 2 nitrogen and oxygen atoms in total. The Hall–Kier alpha value is -0.680. The van der Waals surface area contributed by atoms with E-state index in [4.69, 9.17) is 0 Å². The molecule has 0 amide bonds. The smallest absolute Gasteiger partial charge is 0.166 e. The van der Waals surface area contributed by atoms with Crippen LogP contribution in [-0.2, 0) is 6.42 Å².